The van der Waals surface area contributed by atoms with Gasteiger partial charge in [0.2, 0.25) is 10.0 Å². The third kappa shape index (κ3) is 5.48. The molecule has 3 N–H and O–H groups in total. The van der Waals surface area contributed by atoms with Crippen molar-refractivity contribution in [2.45, 2.75) is 10.9 Å². The molecule has 0 saturated carbocycles. The highest BCUT2D eigenvalue weighted by atomic mass is 32.2. The number of rotatable bonds is 8. The second kappa shape index (κ2) is 10.7. The molecular weight excluding hydrogens is 560 g/mol. The number of hydrogen-bond acceptors (Lipinski definition) is 6. The summed E-state index contributed by atoms with van der Waals surface area (Å²) in [4.78, 5) is 24.5. The lowest BCUT2D eigenvalue weighted by Crippen LogP contribution is -2.33. The van der Waals surface area contributed by atoms with Crippen LogP contribution >= 0.6 is 11.3 Å². The number of carboxylic acid groups (broad SMARTS) is 1. The van der Waals surface area contributed by atoms with Gasteiger partial charge in [0, 0.05) is 15.8 Å². The molecule has 1 atom stereocenters. The third-order valence-electron chi connectivity index (χ3n) is 6.62. The first kappa shape index (κ1) is 26.5. The van der Waals surface area contributed by atoms with Gasteiger partial charge in [-0.25, -0.2) is 8.42 Å². The van der Waals surface area contributed by atoms with Gasteiger partial charge in [-0.05, 0) is 82.1 Å². The van der Waals surface area contributed by atoms with E-state index in [1.165, 1.54) is 23.5 Å². The number of amides is 1. The topological polar surface area (TPSA) is 126 Å². The fourth-order valence-electron chi connectivity index (χ4n) is 4.51. The number of sulfonamides is 1. The maximum atomic E-state index is 13.1. The van der Waals surface area contributed by atoms with Crippen molar-refractivity contribution in [2.75, 3.05) is 5.32 Å². The molecule has 1 unspecified atom stereocenters. The van der Waals surface area contributed by atoms with Crippen LogP contribution in [0.2, 0.25) is 0 Å². The molecule has 6 aromatic rings. The lowest BCUT2D eigenvalue weighted by Gasteiger charge is -2.16. The van der Waals surface area contributed by atoms with Crippen molar-refractivity contribution in [3.8, 4) is 11.1 Å². The molecular formula is C31H22N2O6S2. The van der Waals surface area contributed by atoms with Crippen LogP contribution in [0, 0.1) is 0 Å². The van der Waals surface area contributed by atoms with Gasteiger partial charge >= 0.3 is 5.97 Å². The summed E-state index contributed by atoms with van der Waals surface area (Å²) >= 11 is 1.52. The van der Waals surface area contributed by atoms with Crippen molar-refractivity contribution in [3.63, 3.8) is 0 Å². The van der Waals surface area contributed by atoms with Gasteiger partial charge in [0.25, 0.3) is 5.91 Å². The highest BCUT2D eigenvalue weighted by Gasteiger charge is 2.27. The fraction of sp³-hybridized carbons (Fsp3) is 0.0323. The summed E-state index contributed by atoms with van der Waals surface area (Å²) in [5.74, 6) is -1.46. The number of carbonyl (C=O) groups is 2. The average molecular weight is 583 g/mol. The summed E-state index contributed by atoms with van der Waals surface area (Å²) in [6.45, 7) is 0. The van der Waals surface area contributed by atoms with Crippen molar-refractivity contribution >= 4 is 60.0 Å². The molecule has 6 rings (SSSR count). The Balaban J connectivity index is 1.15. The van der Waals surface area contributed by atoms with Crippen molar-refractivity contribution in [1.29, 1.82) is 0 Å². The van der Waals surface area contributed by atoms with Gasteiger partial charge in [-0.2, -0.15) is 4.72 Å². The van der Waals surface area contributed by atoms with Crippen LogP contribution in [0.1, 0.15) is 22.2 Å². The van der Waals surface area contributed by atoms with Gasteiger partial charge in [-0.15, -0.1) is 11.3 Å². The van der Waals surface area contributed by atoms with Gasteiger partial charge in [0.1, 0.15) is 11.6 Å². The number of fused-ring (bicyclic) bond motifs is 2. The predicted octanol–water partition coefficient (Wildman–Crippen LogP) is 6.67. The molecule has 8 nitrogen and oxygen atoms in total. The zero-order valence-corrected chi connectivity index (χ0v) is 22.9. The van der Waals surface area contributed by atoms with Gasteiger partial charge in [0.05, 0.1) is 4.90 Å². The second-order valence-electron chi connectivity index (χ2n) is 9.31. The lowest BCUT2D eigenvalue weighted by atomic mass is 10.1. The van der Waals surface area contributed by atoms with Crippen LogP contribution in [0.3, 0.4) is 0 Å². The predicted molar refractivity (Wildman–Crippen MR) is 159 cm³/mol. The summed E-state index contributed by atoms with van der Waals surface area (Å²) in [6.07, 6.45) is 0. The van der Waals surface area contributed by atoms with Crippen LogP contribution in [0.4, 0.5) is 5.69 Å². The Labute approximate surface area is 238 Å². The van der Waals surface area contributed by atoms with E-state index in [1.54, 1.807) is 66.7 Å². The van der Waals surface area contributed by atoms with Crippen LogP contribution in [0.25, 0.3) is 32.2 Å². The molecule has 10 heteroatoms. The Morgan fingerprint density at radius 1 is 0.805 bits per heavy atom. The Morgan fingerprint density at radius 2 is 1.51 bits per heavy atom. The molecule has 2 heterocycles. The molecule has 0 fully saturated rings. The number of aliphatic carboxylic acids is 1. The zero-order chi connectivity index (χ0) is 28.6. The minimum absolute atomic E-state index is 0.0566. The van der Waals surface area contributed by atoms with E-state index in [4.69, 9.17) is 4.42 Å². The van der Waals surface area contributed by atoms with E-state index in [-0.39, 0.29) is 16.6 Å². The average Bonchev–Trinajstić information content (AvgIpc) is 3.63. The summed E-state index contributed by atoms with van der Waals surface area (Å²) in [5.41, 5.74) is 3.10. The zero-order valence-electron chi connectivity index (χ0n) is 21.3. The van der Waals surface area contributed by atoms with E-state index in [0.29, 0.717) is 16.8 Å². The van der Waals surface area contributed by atoms with Crippen LogP contribution in [-0.4, -0.2) is 25.4 Å². The lowest BCUT2D eigenvalue weighted by molar-refractivity contribution is -0.139. The first-order valence-electron chi connectivity index (χ1n) is 12.5. The molecule has 0 aliphatic rings. The standard InChI is InChI=1S/C31H22N2O6S2/c34-30(27-18-21-3-1-2-4-26(21)39-27)32-24-10-5-19(6-11-24)20-7-12-25(13-8-20)41(37,38)33-29(31(35)36)23-9-14-28-22(17-23)15-16-40-28/h1-18,29,33H,(H,32,34)(H,35,36). The minimum atomic E-state index is -4.13. The number of benzene rings is 4. The molecule has 204 valence electrons. The summed E-state index contributed by atoms with van der Waals surface area (Å²) in [7, 11) is -4.13. The number of para-hydroxylation sites is 1. The van der Waals surface area contributed by atoms with Gasteiger partial charge < -0.3 is 14.8 Å². The Kier molecular flexibility index (Phi) is 6.88. The molecule has 1 amide bonds. The molecule has 4 aromatic carbocycles. The number of hydrogen-bond donors (Lipinski definition) is 3. The number of carbonyl (C=O) groups excluding carboxylic acids is 1. The smallest absolute Gasteiger partial charge is 0.326 e. The maximum Gasteiger partial charge on any atom is 0.326 e. The monoisotopic (exact) mass is 582 g/mol. The van der Waals surface area contributed by atoms with Crippen molar-refractivity contribution < 1.29 is 27.5 Å². The van der Waals surface area contributed by atoms with E-state index in [1.807, 2.05) is 29.6 Å². The number of carboxylic acids is 1. The molecule has 0 radical (unpaired) electrons. The highest BCUT2D eigenvalue weighted by molar-refractivity contribution is 7.89. The quantitative estimate of drug-likeness (QED) is 0.184. The molecule has 0 bridgehead atoms. The minimum Gasteiger partial charge on any atom is -0.480 e. The first-order chi connectivity index (χ1) is 19.8. The molecule has 41 heavy (non-hydrogen) atoms. The first-order valence-corrected chi connectivity index (χ1v) is 14.9. The van der Waals surface area contributed by atoms with Gasteiger partial charge in [-0.3, -0.25) is 9.59 Å². The van der Waals surface area contributed by atoms with Crippen molar-refractivity contribution in [2.24, 2.45) is 0 Å². The SMILES string of the molecule is O=C(Nc1ccc(-c2ccc(S(=O)(=O)NC(C(=O)O)c3ccc4sccc4c3)cc2)cc1)c1cc2ccccc2o1. The van der Waals surface area contributed by atoms with E-state index in [9.17, 15) is 23.1 Å². The molecule has 2 aromatic heterocycles. The van der Waals surface area contributed by atoms with Crippen LogP contribution < -0.4 is 10.0 Å². The molecule has 0 aliphatic carbocycles. The number of anilines is 1. The second-order valence-corrected chi connectivity index (χ2v) is 12.0. The number of furan rings is 1. The van der Waals surface area contributed by atoms with Gasteiger partial charge in [0.15, 0.2) is 5.76 Å². The third-order valence-corrected chi connectivity index (χ3v) is 8.96. The van der Waals surface area contributed by atoms with E-state index >= 15 is 0 Å². The largest absolute Gasteiger partial charge is 0.480 e. The Hall–Kier alpha value is -4.77. The van der Waals surface area contributed by atoms with Crippen LogP contribution in [0.5, 0.6) is 0 Å². The van der Waals surface area contributed by atoms with Gasteiger partial charge in [-0.1, -0.05) is 48.5 Å². The van der Waals surface area contributed by atoms with Crippen LogP contribution in [-0.2, 0) is 14.8 Å². The van der Waals surface area contributed by atoms with Crippen LogP contribution in [0.15, 0.2) is 118 Å². The molecule has 0 saturated heterocycles. The Morgan fingerprint density at radius 3 is 2.22 bits per heavy atom. The Bertz CT molecular complexity index is 1980. The fourth-order valence-corrected chi connectivity index (χ4v) is 6.46. The summed E-state index contributed by atoms with van der Waals surface area (Å²) in [5, 5.41) is 16.2. The van der Waals surface area contributed by atoms with Crippen molar-refractivity contribution in [1.82, 2.24) is 4.72 Å². The highest BCUT2D eigenvalue weighted by Crippen LogP contribution is 2.28. The normalized spacial score (nSPS) is 12.4. The van der Waals surface area contributed by atoms with E-state index < -0.39 is 22.0 Å². The summed E-state index contributed by atoms with van der Waals surface area (Å²) in [6, 6.07) is 27.8. The molecule has 0 aliphatic heterocycles. The number of nitrogens with one attached hydrogen (secondary N) is 2. The molecule has 0 spiro atoms. The van der Waals surface area contributed by atoms with E-state index in [0.717, 1.165) is 26.6 Å². The van der Waals surface area contributed by atoms with Crippen molar-refractivity contribution in [3.05, 3.63) is 120 Å². The summed E-state index contributed by atoms with van der Waals surface area (Å²) < 4.78 is 35.1. The maximum absolute atomic E-state index is 13.1. The number of thiophene rings is 1. The van der Waals surface area contributed by atoms with E-state index in [2.05, 4.69) is 10.0 Å².